The van der Waals surface area contributed by atoms with Crippen molar-refractivity contribution in [2.75, 3.05) is 7.05 Å². The van der Waals surface area contributed by atoms with Gasteiger partial charge in [-0.05, 0) is 19.2 Å². The molecule has 1 N–H and O–H groups in total. The minimum atomic E-state index is -0.745. The summed E-state index contributed by atoms with van der Waals surface area (Å²) in [6.07, 6.45) is 0. The smallest absolute Gasteiger partial charge is 0.174 e. The highest BCUT2D eigenvalue weighted by atomic mass is 19.1. The molecule has 6 heteroatoms. The minimum Gasteiger partial charge on any atom is -0.482 e. The van der Waals surface area contributed by atoms with Crippen molar-refractivity contribution in [2.45, 2.75) is 13.2 Å². The van der Waals surface area contributed by atoms with Gasteiger partial charge in [0.1, 0.15) is 12.4 Å². The second-order valence-electron chi connectivity index (χ2n) is 3.68. The van der Waals surface area contributed by atoms with Crippen molar-refractivity contribution in [3.05, 3.63) is 47.4 Å². The topological polar surface area (TPSA) is 47.3 Å². The number of benzene rings is 1. The van der Waals surface area contributed by atoms with Gasteiger partial charge < -0.3 is 14.6 Å². The monoisotopic (exact) mass is 254 g/mol. The fourth-order valence-electron chi connectivity index (χ4n) is 1.43. The van der Waals surface area contributed by atoms with Crippen molar-refractivity contribution < 1.29 is 18.0 Å². The second kappa shape index (κ2) is 5.59. The van der Waals surface area contributed by atoms with Gasteiger partial charge in [-0.3, -0.25) is 0 Å². The highest BCUT2D eigenvalue weighted by Gasteiger charge is 2.08. The van der Waals surface area contributed by atoms with E-state index in [1.54, 1.807) is 13.1 Å². The molecule has 0 aliphatic rings. The first kappa shape index (κ1) is 12.5. The van der Waals surface area contributed by atoms with E-state index in [2.05, 4.69) is 10.5 Å². The number of ether oxygens (including phenoxy) is 1. The van der Waals surface area contributed by atoms with E-state index >= 15 is 0 Å². The van der Waals surface area contributed by atoms with Crippen LogP contribution in [0.3, 0.4) is 0 Å². The standard InChI is InChI=1S/C12H12F2N2O2/c1-15-6-9-5-10(18-16-9)7-17-12-3-2-8(13)4-11(12)14/h2-5,15H,6-7H2,1H3. The summed E-state index contributed by atoms with van der Waals surface area (Å²) in [5, 5.41) is 6.70. The highest BCUT2D eigenvalue weighted by Crippen LogP contribution is 2.19. The Morgan fingerprint density at radius 2 is 2.17 bits per heavy atom. The third-order valence-electron chi connectivity index (χ3n) is 2.23. The molecule has 1 aromatic carbocycles. The van der Waals surface area contributed by atoms with Gasteiger partial charge in [-0.15, -0.1) is 0 Å². The Kier molecular flexibility index (Phi) is 3.88. The highest BCUT2D eigenvalue weighted by molar-refractivity contribution is 5.24. The van der Waals surface area contributed by atoms with Crippen LogP contribution in [0.15, 0.2) is 28.8 Å². The fourth-order valence-corrected chi connectivity index (χ4v) is 1.43. The number of halogens is 2. The van der Waals surface area contributed by atoms with Gasteiger partial charge in [0.25, 0.3) is 0 Å². The molecule has 0 bridgehead atoms. The van der Waals surface area contributed by atoms with Gasteiger partial charge in [0.05, 0.1) is 5.69 Å². The zero-order valence-electron chi connectivity index (χ0n) is 9.74. The lowest BCUT2D eigenvalue weighted by atomic mass is 10.3. The summed E-state index contributed by atoms with van der Waals surface area (Å²) in [5.41, 5.74) is 0.732. The molecule has 2 rings (SSSR count). The molecular weight excluding hydrogens is 242 g/mol. The number of nitrogens with one attached hydrogen (secondary N) is 1. The third-order valence-corrected chi connectivity index (χ3v) is 2.23. The summed E-state index contributed by atoms with van der Waals surface area (Å²) in [7, 11) is 1.79. The predicted octanol–water partition coefficient (Wildman–Crippen LogP) is 2.25. The van der Waals surface area contributed by atoms with Crippen LogP contribution in [-0.2, 0) is 13.2 Å². The second-order valence-corrected chi connectivity index (χ2v) is 3.68. The summed E-state index contributed by atoms with van der Waals surface area (Å²) < 4.78 is 36.1. The van der Waals surface area contributed by atoms with E-state index in [0.717, 1.165) is 17.8 Å². The van der Waals surface area contributed by atoms with Crippen molar-refractivity contribution >= 4 is 0 Å². The zero-order valence-corrected chi connectivity index (χ0v) is 9.74. The number of nitrogens with zero attached hydrogens (tertiary/aromatic N) is 1. The van der Waals surface area contributed by atoms with Gasteiger partial charge in [0, 0.05) is 18.7 Å². The van der Waals surface area contributed by atoms with Crippen LogP contribution >= 0.6 is 0 Å². The van der Waals surface area contributed by atoms with Crippen molar-refractivity contribution in [1.29, 1.82) is 0 Å². The molecule has 0 aliphatic heterocycles. The lowest BCUT2D eigenvalue weighted by molar-refractivity contribution is 0.239. The van der Waals surface area contributed by atoms with Gasteiger partial charge in [-0.1, -0.05) is 5.16 Å². The van der Waals surface area contributed by atoms with E-state index in [-0.39, 0.29) is 12.4 Å². The van der Waals surface area contributed by atoms with E-state index in [1.165, 1.54) is 6.07 Å². The minimum absolute atomic E-state index is 0.0250. The lowest BCUT2D eigenvalue weighted by Crippen LogP contribution is -2.04. The van der Waals surface area contributed by atoms with Crippen LogP contribution in [0.4, 0.5) is 8.78 Å². The average molecular weight is 254 g/mol. The van der Waals surface area contributed by atoms with Crippen LogP contribution in [0.5, 0.6) is 5.75 Å². The Morgan fingerprint density at radius 1 is 1.33 bits per heavy atom. The molecule has 2 aromatic rings. The quantitative estimate of drug-likeness (QED) is 0.889. The Bertz CT molecular complexity index is 529. The van der Waals surface area contributed by atoms with E-state index in [1.807, 2.05) is 0 Å². The van der Waals surface area contributed by atoms with Crippen LogP contribution in [0.1, 0.15) is 11.5 Å². The first-order valence-corrected chi connectivity index (χ1v) is 5.36. The Morgan fingerprint density at radius 3 is 2.89 bits per heavy atom. The van der Waals surface area contributed by atoms with Gasteiger partial charge in [-0.2, -0.15) is 0 Å². The average Bonchev–Trinajstić information content (AvgIpc) is 2.76. The molecule has 1 aromatic heterocycles. The molecule has 0 unspecified atom stereocenters. The molecule has 0 fully saturated rings. The fraction of sp³-hybridized carbons (Fsp3) is 0.250. The van der Waals surface area contributed by atoms with E-state index in [0.29, 0.717) is 12.3 Å². The number of hydrogen-bond acceptors (Lipinski definition) is 4. The third kappa shape index (κ3) is 3.04. The van der Waals surface area contributed by atoms with Gasteiger partial charge >= 0.3 is 0 Å². The maximum absolute atomic E-state index is 13.3. The summed E-state index contributed by atoms with van der Waals surface area (Å²) in [5.74, 6) is -0.937. The molecule has 18 heavy (non-hydrogen) atoms. The molecular formula is C12H12F2N2O2. The molecule has 0 saturated carbocycles. The van der Waals surface area contributed by atoms with Crippen molar-refractivity contribution in [2.24, 2.45) is 0 Å². The molecule has 0 saturated heterocycles. The normalized spacial score (nSPS) is 10.6. The maximum Gasteiger partial charge on any atom is 0.174 e. The van der Waals surface area contributed by atoms with Gasteiger partial charge in [-0.25, -0.2) is 8.78 Å². The van der Waals surface area contributed by atoms with Crippen LogP contribution in [0.25, 0.3) is 0 Å². The molecule has 96 valence electrons. The van der Waals surface area contributed by atoms with E-state index < -0.39 is 11.6 Å². The number of aromatic nitrogens is 1. The summed E-state index contributed by atoms with van der Waals surface area (Å²) in [6.45, 7) is 0.619. The largest absolute Gasteiger partial charge is 0.482 e. The first-order chi connectivity index (χ1) is 8.69. The number of hydrogen-bond donors (Lipinski definition) is 1. The lowest BCUT2D eigenvalue weighted by Gasteiger charge is -2.04. The summed E-state index contributed by atoms with van der Waals surface area (Å²) in [6, 6.07) is 4.83. The van der Waals surface area contributed by atoms with Crippen molar-refractivity contribution in [3.63, 3.8) is 0 Å². The zero-order chi connectivity index (χ0) is 13.0. The molecule has 0 radical (unpaired) electrons. The van der Waals surface area contributed by atoms with E-state index in [9.17, 15) is 8.78 Å². The Hall–Kier alpha value is -1.95. The predicted molar refractivity (Wildman–Crippen MR) is 60.0 cm³/mol. The molecule has 4 nitrogen and oxygen atoms in total. The van der Waals surface area contributed by atoms with E-state index in [4.69, 9.17) is 9.26 Å². The molecule has 1 heterocycles. The molecule has 0 amide bonds. The SMILES string of the molecule is CNCc1cc(COc2ccc(F)cc2F)on1. The molecule has 0 aliphatic carbocycles. The number of rotatable bonds is 5. The van der Waals surface area contributed by atoms with Gasteiger partial charge in [0.15, 0.2) is 17.3 Å². The van der Waals surface area contributed by atoms with Crippen LogP contribution in [0, 0.1) is 11.6 Å². The van der Waals surface area contributed by atoms with Crippen molar-refractivity contribution in [3.8, 4) is 5.75 Å². The van der Waals surface area contributed by atoms with Crippen LogP contribution < -0.4 is 10.1 Å². The Labute approximate surface area is 103 Å². The van der Waals surface area contributed by atoms with Crippen molar-refractivity contribution in [1.82, 2.24) is 10.5 Å². The maximum atomic E-state index is 13.3. The molecule has 0 spiro atoms. The first-order valence-electron chi connectivity index (χ1n) is 5.36. The summed E-state index contributed by atoms with van der Waals surface area (Å²) >= 11 is 0. The Balaban J connectivity index is 1.97. The summed E-state index contributed by atoms with van der Waals surface area (Å²) in [4.78, 5) is 0. The molecule has 0 atom stereocenters. The van der Waals surface area contributed by atoms with Crippen LogP contribution in [-0.4, -0.2) is 12.2 Å². The van der Waals surface area contributed by atoms with Gasteiger partial charge in [0.2, 0.25) is 0 Å². The van der Waals surface area contributed by atoms with Crippen LogP contribution in [0.2, 0.25) is 0 Å².